The summed E-state index contributed by atoms with van der Waals surface area (Å²) in [6.45, 7) is 3.96. The molecule has 1 atom stereocenters. The number of benzene rings is 2. The highest BCUT2D eigenvalue weighted by molar-refractivity contribution is 8.15. The lowest BCUT2D eigenvalue weighted by molar-refractivity contribution is -0.384. The third-order valence-electron chi connectivity index (χ3n) is 4.35. The monoisotopic (exact) mass is 440 g/mol. The molecule has 0 saturated carbocycles. The predicted octanol–water partition coefficient (Wildman–Crippen LogP) is 3.75. The number of nitrogens with one attached hydrogen (secondary N) is 1. The molecule has 0 spiro atoms. The molecule has 10 heteroatoms. The van der Waals surface area contributed by atoms with Gasteiger partial charge < -0.3 is 10.1 Å². The Balaban J connectivity index is 1.74. The molecule has 1 unspecified atom stereocenters. The molecule has 0 aromatic heterocycles. The van der Waals surface area contributed by atoms with E-state index in [0.29, 0.717) is 10.9 Å². The zero-order chi connectivity index (χ0) is 22.4. The van der Waals surface area contributed by atoms with Crippen LogP contribution in [0.25, 0.3) is 0 Å². The van der Waals surface area contributed by atoms with Crippen molar-refractivity contribution in [2.75, 3.05) is 19.0 Å². The second-order valence-electron chi connectivity index (χ2n) is 6.47. The number of carbonyl (C=O) groups is 2. The molecule has 160 valence electrons. The molecular weight excluding hydrogens is 420 g/mol. The van der Waals surface area contributed by atoms with Gasteiger partial charge in [0.15, 0.2) is 5.17 Å². The van der Waals surface area contributed by atoms with E-state index in [4.69, 9.17) is 4.74 Å². The third-order valence-corrected chi connectivity index (χ3v) is 5.53. The van der Waals surface area contributed by atoms with Crippen LogP contribution in [0.1, 0.15) is 6.42 Å². The number of carbonyl (C=O) groups excluding carboxylic acids is 2. The van der Waals surface area contributed by atoms with Crippen molar-refractivity contribution in [1.82, 2.24) is 4.90 Å². The molecule has 0 radical (unpaired) electrons. The van der Waals surface area contributed by atoms with Gasteiger partial charge in [-0.15, -0.1) is 6.58 Å². The van der Waals surface area contributed by atoms with Gasteiger partial charge in [0.25, 0.3) is 5.69 Å². The number of amidine groups is 1. The average molecular weight is 440 g/mol. The lowest BCUT2D eigenvalue weighted by Crippen LogP contribution is -2.33. The number of methoxy groups -OCH3 is 1. The van der Waals surface area contributed by atoms with E-state index in [1.165, 1.54) is 42.0 Å². The lowest BCUT2D eigenvalue weighted by Gasteiger charge is -2.14. The standard InChI is InChI=1S/C21H20N4O5S/c1-3-11-24-20(27)18(31-21(24)22-14-7-5-4-6-8-14)13-19(26)23-16-10-9-15(25(28)29)12-17(16)30-2/h3-10,12,18H,1,11,13H2,2H3,(H,23,26). The molecule has 9 nitrogen and oxygen atoms in total. The number of nitro groups is 1. The fourth-order valence-corrected chi connectivity index (χ4v) is 4.07. The molecule has 2 amide bonds. The minimum atomic E-state index is -0.647. The van der Waals surface area contributed by atoms with Crippen LogP contribution in [0.5, 0.6) is 5.75 Å². The van der Waals surface area contributed by atoms with Gasteiger partial charge in [-0.3, -0.25) is 24.6 Å². The number of nitrogens with zero attached hydrogens (tertiary/aromatic N) is 3. The number of nitro benzene ring substituents is 1. The van der Waals surface area contributed by atoms with Crippen LogP contribution >= 0.6 is 11.8 Å². The van der Waals surface area contributed by atoms with Gasteiger partial charge in [-0.1, -0.05) is 36.0 Å². The smallest absolute Gasteiger partial charge is 0.273 e. The molecule has 1 fully saturated rings. The molecule has 1 N–H and O–H groups in total. The summed E-state index contributed by atoms with van der Waals surface area (Å²) >= 11 is 1.21. The van der Waals surface area contributed by atoms with Gasteiger partial charge in [-0.2, -0.15) is 0 Å². The molecule has 0 aliphatic carbocycles. The van der Waals surface area contributed by atoms with E-state index >= 15 is 0 Å². The summed E-state index contributed by atoms with van der Waals surface area (Å²) in [5, 5.41) is 13.4. The Hall–Kier alpha value is -3.66. The highest BCUT2D eigenvalue weighted by Gasteiger charge is 2.38. The molecule has 1 aliphatic heterocycles. The quantitative estimate of drug-likeness (QED) is 0.380. The molecule has 1 heterocycles. The Labute approximate surface area is 182 Å². The molecule has 3 rings (SSSR count). The van der Waals surface area contributed by atoms with Crippen molar-refractivity contribution in [1.29, 1.82) is 0 Å². The second kappa shape index (κ2) is 9.90. The summed E-state index contributed by atoms with van der Waals surface area (Å²) in [4.78, 5) is 41.8. The van der Waals surface area contributed by atoms with Crippen LogP contribution in [-0.2, 0) is 9.59 Å². The minimum Gasteiger partial charge on any atom is -0.494 e. The Morgan fingerprint density at radius 2 is 2.10 bits per heavy atom. The Morgan fingerprint density at radius 3 is 2.74 bits per heavy atom. The number of rotatable bonds is 8. The van der Waals surface area contributed by atoms with Gasteiger partial charge in [-0.05, 0) is 18.2 Å². The summed E-state index contributed by atoms with van der Waals surface area (Å²) in [5.41, 5.74) is 0.834. The van der Waals surface area contributed by atoms with E-state index in [9.17, 15) is 19.7 Å². The summed E-state index contributed by atoms with van der Waals surface area (Å²) < 4.78 is 5.13. The van der Waals surface area contributed by atoms with Crippen LogP contribution in [-0.4, -0.2) is 45.7 Å². The molecule has 2 aromatic carbocycles. The van der Waals surface area contributed by atoms with E-state index < -0.39 is 16.1 Å². The Kier molecular flexibility index (Phi) is 7.03. The fraction of sp³-hybridized carbons (Fsp3) is 0.190. The third kappa shape index (κ3) is 5.28. The van der Waals surface area contributed by atoms with Crippen molar-refractivity contribution in [3.05, 3.63) is 71.3 Å². The predicted molar refractivity (Wildman–Crippen MR) is 120 cm³/mol. The van der Waals surface area contributed by atoms with Crippen molar-refractivity contribution < 1.29 is 19.2 Å². The zero-order valence-electron chi connectivity index (χ0n) is 16.7. The van der Waals surface area contributed by atoms with Crippen LogP contribution < -0.4 is 10.1 Å². The number of hydrogen-bond donors (Lipinski definition) is 1. The van der Waals surface area contributed by atoms with Crippen molar-refractivity contribution in [2.45, 2.75) is 11.7 Å². The molecule has 1 saturated heterocycles. The number of para-hydroxylation sites is 1. The van der Waals surface area contributed by atoms with Crippen LogP contribution in [0, 0.1) is 10.1 Å². The first-order valence-electron chi connectivity index (χ1n) is 9.28. The average Bonchev–Trinajstić information content (AvgIpc) is 3.03. The van der Waals surface area contributed by atoms with Gasteiger partial charge in [-0.25, -0.2) is 4.99 Å². The van der Waals surface area contributed by atoms with Crippen molar-refractivity contribution in [3.63, 3.8) is 0 Å². The van der Waals surface area contributed by atoms with Gasteiger partial charge >= 0.3 is 0 Å². The van der Waals surface area contributed by atoms with E-state index in [-0.39, 0.29) is 36.0 Å². The maximum atomic E-state index is 12.8. The van der Waals surface area contributed by atoms with E-state index in [1.54, 1.807) is 6.08 Å². The fourth-order valence-electron chi connectivity index (χ4n) is 2.90. The number of non-ortho nitro benzene ring substituents is 1. The second-order valence-corrected chi connectivity index (χ2v) is 7.64. The van der Waals surface area contributed by atoms with E-state index in [2.05, 4.69) is 16.9 Å². The Morgan fingerprint density at radius 1 is 1.35 bits per heavy atom. The van der Waals surface area contributed by atoms with Gasteiger partial charge in [0.05, 0.1) is 29.5 Å². The van der Waals surface area contributed by atoms with Crippen molar-refractivity contribution in [2.24, 2.45) is 4.99 Å². The van der Waals surface area contributed by atoms with Crippen LogP contribution in [0.2, 0.25) is 0 Å². The van der Waals surface area contributed by atoms with Gasteiger partial charge in [0, 0.05) is 19.0 Å². The highest BCUT2D eigenvalue weighted by Crippen LogP contribution is 2.33. The number of anilines is 1. The first kappa shape index (κ1) is 22.0. The first-order valence-corrected chi connectivity index (χ1v) is 10.2. The van der Waals surface area contributed by atoms with Crippen LogP contribution in [0.3, 0.4) is 0 Å². The number of amides is 2. The molecule has 0 bridgehead atoms. The number of ether oxygens (including phenoxy) is 1. The Bertz CT molecular complexity index is 1040. The van der Waals surface area contributed by atoms with E-state index in [1.807, 2.05) is 30.3 Å². The topological polar surface area (TPSA) is 114 Å². The van der Waals surface area contributed by atoms with Crippen molar-refractivity contribution in [3.8, 4) is 5.75 Å². The maximum absolute atomic E-state index is 12.8. The normalized spacial score (nSPS) is 16.9. The largest absolute Gasteiger partial charge is 0.494 e. The van der Waals surface area contributed by atoms with Gasteiger partial charge in [0.1, 0.15) is 11.0 Å². The van der Waals surface area contributed by atoms with Crippen LogP contribution in [0.15, 0.2) is 66.2 Å². The number of thioether (sulfide) groups is 1. The van der Waals surface area contributed by atoms with Crippen LogP contribution in [0.4, 0.5) is 17.1 Å². The molecule has 2 aromatic rings. The number of hydrogen-bond acceptors (Lipinski definition) is 7. The zero-order valence-corrected chi connectivity index (χ0v) is 17.5. The SMILES string of the molecule is C=CCN1C(=O)C(CC(=O)Nc2ccc([N+](=O)[O-])cc2OC)SC1=Nc1ccccc1. The van der Waals surface area contributed by atoms with E-state index in [0.717, 1.165) is 0 Å². The molecular formula is C21H20N4O5S. The van der Waals surface area contributed by atoms with Gasteiger partial charge in [0.2, 0.25) is 11.8 Å². The maximum Gasteiger partial charge on any atom is 0.273 e. The summed E-state index contributed by atoms with van der Waals surface area (Å²) in [6, 6.07) is 13.1. The molecule has 31 heavy (non-hydrogen) atoms. The minimum absolute atomic E-state index is 0.0922. The number of aliphatic imine (C=N–C) groups is 1. The summed E-state index contributed by atoms with van der Waals surface area (Å²) in [5.74, 6) is -0.490. The molecule has 1 aliphatic rings. The highest BCUT2D eigenvalue weighted by atomic mass is 32.2. The van der Waals surface area contributed by atoms with Crippen molar-refractivity contribution >= 4 is 45.8 Å². The summed E-state index contributed by atoms with van der Waals surface area (Å²) in [6.07, 6.45) is 1.51. The summed E-state index contributed by atoms with van der Waals surface area (Å²) in [7, 11) is 1.35. The lowest BCUT2D eigenvalue weighted by atomic mass is 10.2. The first-order chi connectivity index (χ1) is 14.9.